The molecule has 2 heterocycles. The monoisotopic (exact) mass is 225 g/mol. The molecule has 0 aromatic carbocycles. The molecule has 2 aromatic rings. The van der Waals surface area contributed by atoms with Crippen LogP contribution in [-0.2, 0) is 13.0 Å². The van der Waals surface area contributed by atoms with E-state index >= 15 is 0 Å². The Hall–Kier alpha value is -1.34. The quantitative estimate of drug-likeness (QED) is 0.749. The number of hydrogen-bond donors (Lipinski definition) is 1. The second-order valence-electron chi connectivity index (χ2n) is 3.05. The van der Waals surface area contributed by atoms with Crippen LogP contribution < -0.4 is 5.32 Å². The van der Waals surface area contributed by atoms with E-state index in [4.69, 9.17) is 4.52 Å². The summed E-state index contributed by atoms with van der Waals surface area (Å²) < 4.78 is 8.63. The fourth-order valence-corrected chi connectivity index (χ4v) is 1.57. The molecule has 0 bridgehead atoms. The maximum atomic E-state index is 4.86. The van der Waals surface area contributed by atoms with Gasteiger partial charge in [0.15, 0.2) is 5.82 Å². The van der Waals surface area contributed by atoms with Crippen LogP contribution in [0.2, 0.25) is 0 Å². The first-order valence-corrected chi connectivity index (χ1v) is 5.44. The smallest absolute Gasteiger partial charge is 0.223 e. The van der Waals surface area contributed by atoms with E-state index in [-0.39, 0.29) is 0 Å². The number of aryl methyl sites for hydroxylation is 1. The molecule has 1 N–H and O–H groups in total. The van der Waals surface area contributed by atoms with E-state index < -0.39 is 0 Å². The summed E-state index contributed by atoms with van der Waals surface area (Å²) in [4.78, 5) is 4.10. The highest BCUT2D eigenvalue weighted by molar-refractivity contribution is 7.03. The third-order valence-corrected chi connectivity index (χ3v) is 2.36. The number of nitrogens with one attached hydrogen (secondary N) is 1. The molecular formula is C8H11N5OS. The van der Waals surface area contributed by atoms with Gasteiger partial charge in [-0.15, -0.1) is 5.10 Å². The molecule has 0 amide bonds. The molecule has 0 saturated carbocycles. The topological polar surface area (TPSA) is 76.7 Å². The number of hydrogen-bond acceptors (Lipinski definition) is 7. The van der Waals surface area contributed by atoms with E-state index in [2.05, 4.69) is 25.0 Å². The maximum Gasteiger partial charge on any atom is 0.223 e. The van der Waals surface area contributed by atoms with Crippen LogP contribution in [0.5, 0.6) is 0 Å². The SMILES string of the molecule is Cc1nc(CCNCc2csnn2)no1. The van der Waals surface area contributed by atoms with Gasteiger partial charge in [0.05, 0.1) is 5.69 Å². The minimum absolute atomic E-state index is 0.605. The third kappa shape index (κ3) is 3.07. The lowest BCUT2D eigenvalue weighted by atomic mass is 10.4. The zero-order chi connectivity index (χ0) is 10.5. The zero-order valence-corrected chi connectivity index (χ0v) is 9.12. The average Bonchev–Trinajstić information content (AvgIpc) is 2.84. The lowest BCUT2D eigenvalue weighted by molar-refractivity contribution is 0.387. The van der Waals surface area contributed by atoms with Crippen molar-refractivity contribution in [3.63, 3.8) is 0 Å². The third-order valence-electron chi connectivity index (χ3n) is 1.81. The van der Waals surface area contributed by atoms with E-state index in [1.807, 2.05) is 5.38 Å². The largest absolute Gasteiger partial charge is 0.340 e. The van der Waals surface area contributed by atoms with Crippen LogP contribution in [0.3, 0.4) is 0 Å². The summed E-state index contributed by atoms with van der Waals surface area (Å²) in [6, 6.07) is 0. The summed E-state index contributed by atoms with van der Waals surface area (Å²) >= 11 is 1.36. The van der Waals surface area contributed by atoms with E-state index in [9.17, 15) is 0 Å². The van der Waals surface area contributed by atoms with Crippen LogP contribution in [0.4, 0.5) is 0 Å². The second kappa shape index (κ2) is 4.94. The van der Waals surface area contributed by atoms with Crippen molar-refractivity contribution in [2.24, 2.45) is 0 Å². The summed E-state index contributed by atoms with van der Waals surface area (Å²) in [5.74, 6) is 1.34. The molecule has 0 aliphatic rings. The van der Waals surface area contributed by atoms with E-state index in [0.29, 0.717) is 5.89 Å². The van der Waals surface area contributed by atoms with Crippen molar-refractivity contribution in [2.45, 2.75) is 19.9 Å². The van der Waals surface area contributed by atoms with E-state index in [0.717, 1.165) is 31.0 Å². The van der Waals surface area contributed by atoms with Gasteiger partial charge in [0, 0.05) is 31.8 Å². The van der Waals surface area contributed by atoms with Gasteiger partial charge in [-0.1, -0.05) is 9.64 Å². The van der Waals surface area contributed by atoms with Crippen molar-refractivity contribution in [1.82, 2.24) is 25.0 Å². The Bertz CT molecular complexity index is 399. The molecule has 2 rings (SSSR count). The average molecular weight is 225 g/mol. The number of rotatable bonds is 5. The maximum absolute atomic E-state index is 4.86. The summed E-state index contributed by atoms with van der Waals surface area (Å²) in [5, 5.41) is 12.9. The Morgan fingerprint density at radius 3 is 3.13 bits per heavy atom. The first-order chi connectivity index (χ1) is 7.34. The molecule has 0 aliphatic carbocycles. The van der Waals surface area contributed by atoms with Gasteiger partial charge in [-0.3, -0.25) is 0 Å². The van der Waals surface area contributed by atoms with Crippen LogP contribution in [0.25, 0.3) is 0 Å². The Labute approximate surface area is 90.9 Å². The molecule has 0 atom stereocenters. The standard InChI is InChI=1S/C8H11N5OS/c1-6-10-8(12-14-6)2-3-9-4-7-5-15-13-11-7/h5,9H,2-4H2,1H3. The molecule has 2 aromatic heterocycles. The van der Waals surface area contributed by atoms with Crippen molar-refractivity contribution in [3.05, 3.63) is 22.8 Å². The lowest BCUT2D eigenvalue weighted by Gasteiger charge is -1.98. The second-order valence-corrected chi connectivity index (χ2v) is 3.66. The normalized spacial score (nSPS) is 10.7. The molecule has 6 nitrogen and oxygen atoms in total. The van der Waals surface area contributed by atoms with E-state index in [1.165, 1.54) is 11.5 Å². The molecule has 15 heavy (non-hydrogen) atoms. The van der Waals surface area contributed by atoms with E-state index in [1.54, 1.807) is 6.92 Å². The van der Waals surface area contributed by atoms with Gasteiger partial charge in [-0.2, -0.15) is 4.98 Å². The van der Waals surface area contributed by atoms with Gasteiger partial charge in [0.25, 0.3) is 0 Å². The lowest BCUT2D eigenvalue weighted by Crippen LogP contribution is -2.17. The molecule has 0 aliphatic heterocycles. The van der Waals surface area contributed by atoms with Crippen LogP contribution >= 0.6 is 11.5 Å². The Morgan fingerprint density at radius 1 is 1.53 bits per heavy atom. The van der Waals surface area contributed by atoms with Crippen molar-refractivity contribution >= 4 is 11.5 Å². The van der Waals surface area contributed by atoms with Gasteiger partial charge in [-0.25, -0.2) is 0 Å². The molecule has 0 unspecified atom stereocenters. The molecule has 0 spiro atoms. The van der Waals surface area contributed by atoms with Crippen LogP contribution in [0.1, 0.15) is 17.4 Å². The Balaban J connectivity index is 1.67. The predicted octanol–water partition coefficient (Wildman–Crippen LogP) is 0.562. The molecule has 0 saturated heterocycles. The molecular weight excluding hydrogens is 214 g/mol. The molecule has 80 valence electrons. The summed E-state index contributed by atoms with van der Waals surface area (Å²) in [6.07, 6.45) is 0.759. The predicted molar refractivity (Wildman–Crippen MR) is 54.4 cm³/mol. The molecule has 0 radical (unpaired) electrons. The number of aromatic nitrogens is 4. The van der Waals surface area contributed by atoms with Gasteiger partial charge in [0.1, 0.15) is 0 Å². The minimum Gasteiger partial charge on any atom is -0.340 e. The number of nitrogens with zero attached hydrogens (tertiary/aromatic N) is 4. The van der Waals surface area contributed by atoms with Gasteiger partial charge in [-0.05, 0) is 11.5 Å². The fraction of sp³-hybridized carbons (Fsp3) is 0.500. The van der Waals surface area contributed by atoms with Crippen molar-refractivity contribution < 1.29 is 4.52 Å². The highest BCUT2D eigenvalue weighted by Crippen LogP contribution is 1.97. The van der Waals surface area contributed by atoms with Gasteiger partial charge in [0.2, 0.25) is 5.89 Å². The summed E-state index contributed by atoms with van der Waals surface area (Å²) in [7, 11) is 0. The van der Waals surface area contributed by atoms with Gasteiger partial charge < -0.3 is 9.84 Å². The first-order valence-electron chi connectivity index (χ1n) is 4.60. The summed E-state index contributed by atoms with van der Waals surface area (Å²) in [6.45, 7) is 3.31. The zero-order valence-electron chi connectivity index (χ0n) is 8.30. The molecule has 7 heteroatoms. The molecule has 0 fully saturated rings. The van der Waals surface area contributed by atoms with Crippen molar-refractivity contribution in [3.8, 4) is 0 Å². The first kappa shape index (κ1) is 10.2. The Kier molecular flexibility index (Phi) is 3.36. The Morgan fingerprint density at radius 2 is 2.47 bits per heavy atom. The fourth-order valence-electron chi connectivity index (χ4n) is 1.12. The van der Waals surface area contributed by atoms with Gasteiger partial charge >= 0.3 is 0 Å². The highest BCUT2D eigenvalue weighted by atomic mass is 32.1. The van der Waals surface area contributed by atoms with Crippen LogP contribution in [-0.4, -0.2) is 26.3 Å². The van der Waals surface area contributed by atoms with Crippen LogP contribution in [0.15, 0.2) is 9.90 Å². The van der Waals surface area contributed by atoms with Crippen molar-refractivity contribution in [1.29, 1.82) is 0 Å². The highest BCUT2D eigenvalue weighted by Gasteiger charge is 2.01. The summed E-state index contributed by atoms with van der Waals surface area (Å²) in [5.41, 5.74) is 0.962. The van der Waals surface area contributed by atoms with Crippen LogP contribution in [0, 0.1) is 6.92 Å². The minimum atomic E-state index is 0.605. The van der Waals surface area contributed by atoms with Crippen molar-refractivity contribution in [2.75, 3.05) is 6.54 Å².